The van der Waals surface area contributed by atoms with Crippen LogP contribution in [0.3, 0.4) is 0 Å². The highest BCUT2D eigenvalue weighted by Crippen LogP contribution is 2.30. The van der Waals surface area contributed by atoms with E-state index in [9.17, 15) is 4.79 Å². The van der Waals surface area contributed by atoms with Crippen LogP contribution in [0.1, 0.15) is 9.67 Å². The first-order valence-electron chi connectivity index (χ1n) is 4.07. The summed E-state index contributed by atoms with van der Waals surface area (Å²) in [5.41, 5.74) is 6.12. The highest BCUT2D eigenvalue weighted by molar-refractivity contribution is 7.21. The van der Waals surface area contributed by atoms with Gasteiger partial charge in [-0.3, -0.25) is 9.78 Å². The van der Waals surface area contributed by atoms with Crippen molar-refractivity contribution in [1.82, 2.24) is 4.98 Å². The molecule has 72 valence electrons. The van der Waals surface area contributed by atoms with Crippen molar-refractivity contribution in [2.24, 2.45) is 5.73 Å². The summed E-state index contributed by atoms with van der Waals surface area (Å²) in [6.45, 7) is 0. The number of nitrogens with one attached hydrogen (secondary N) is 1. The van der Waals surface area contributed by atoms with Gasteiger partial charge in [-0.1, -0.05) is 0 Å². The molecule has 2 aromatic rings. The van der Waals surface area contributed by atoms with Crippen LogP contribution in [0, 0.1) is 0 Å². The Morgan fingerprint density at radius 2 is 2.36 bits per heavy atom. The monoisotopic (exact) mass is 207 g/mol. The molecule has 1 amide bonds. The second kappa shape index (κ2) is 3.26. The first-order chi connectivity index (χ1) is 6.72. The van der Waals surface area contributed by atoms with Gasteiger partial charge in [0.15, 0.2) is 0 Å². The zero-order valence-corrected chi connectivity index (χ0v) is 8.39. The summed E-state index contributed by atoms with van der Waals surface area (Å²) in [7, 11) is 1.82. The Morgan fingerprint density at radius 1 is 1.57 bits per heavy atom. The molecule has 0 aliphatic carbocycles. The minimum Gasteiger partial charge on any atom is -0.386 e. The standard InChI is InChI=1S/C9H9N3OS/c1-11-6-4-12-3-5-2-7(9(10)13)14-8(5)6/h2-4,11H,1H3,(H2,10,13). The Morgan fingerprint density at radius 3 is 3.00 bits per heavy atom. The second-order valence-electron chi connectivity index (χ2n) is 2.83. The maximum atomic E-state index is 11.0. The number of thiophene rings is 1. The number of carbonyl (C=O) groups excluding carboxylic acids is 1. The summed E-state index contributed by atoms with van der Waals surface area (Å²) in [6.07, 6.45) is 3.45. The first-order valence-corrected chi connectivity index (χ1v) is 4.89. The van der Waals surface area contributed by atoms with Crippen LogP contribution in [-0.2, 0) is 0 Å². The number of carbonyl (C=O) groups is 1. The van der Waals surface area contributed by atoms with E-state index in [-0.39, 0.29) is 0 Å². The molecule has 0 unspecified atom stereocenters. The fourth-order valence-corrected chi connectivity index (χ4v) is 2.26. The molecular weight excluding hydrogens is 198 g/mol. The summed E-state index contributed by atoms with van der Waals surface area (Å²) in [5.74, 6) is -0.395. The highest BCUT2D eigenvalue weighted by atomic mass is 32.1. The highest BCUT2D eigenvalue weighted by Gasteiger charge is 2.08. The van der Waals surface area contributed by atoms with Crippen LogP contribution >= 0.6 is 11.3 Å². The smallest absolute Gasteiger partial charge is 0.258 e. The molecule has 0 saturated carbocycles. The average molecular weight is 207 g/mol. The van der Waals surface area contributed by atoms with Crippen LogP contribution in [0.25, 0.3) is 10.1 Å². The molecule has 5 heteroatoms. The van der Waals surface area contributed by atoms with Gasteiger partial charge in [-0.25, -0.2) is 0 Å². The molecule has 0 aromatic carbocycles. The summed E-state index contributed by atoms with van der Waals surface area (Å²) in [5, 5.41) is 3.96. The van der Waals surface area contributed by atoms with Crippen molar-refractivity contribution < 1.29 is 4.79 Å². The zero-order chi connectivity index (χ0) is 10.1. The SMILES string of the molecule is CNc1cncc2cc(C(N)=O)sc12. The quantitative estimate of drug-likeness (QED) is 0.782. The predicted molar refractivity (Wildman–Crippen MR) is 57.7 cm³/mol. The van der Waals surface area contributed by atoms with Gasteiger partial charge in [0.25, 0.3) is 5.91 Å². The molecule has 2 heterocycles. The molecule has 0 bridgehead atoms. The van der Waals surface area contributed by atoms with Gasteiger partial charge in [0.1, 0.15) is 0 Å². The van der Waals surface area contributed by atoms with Gasteiger partial charge < -0.3 is 11.1 Å². The van der Waals surface area contributed by atoms with Gasteiger partial charge in [0.05, 0.1) is 21.5 Å². The molecule has 0 aliphatic heterocycles. The van der Waals surface area contributed by atoms with Crippen LogP contribution in [0.2, 0.25) is 0 Å². The summed E-state index contributed by atoms with van der Waals surface area (Å²) < 4.78 is 1.01. The van der Waals surface area contributed by atoms with Crippen LogP contribution in [0.5, 0.6) is 0 Å². The molecule has 2 aromatic heterocycles. The summed E-state index contributed by atoms with van der Waals surface area (Å²) in [6, 6.07) is 1.76. The number of primary amides is 1. The van der Waals surface area contributed by atoms with Crippen molar-refractivity contribution >= 4 is 33.0 Å². The molecular formula is C9H9N3OS. The van der Waals surface area contributed by atoms with Crippen LogP contribution in [-0.4, -0.2) is 17.9 Å². The molecule has 0 aliphatic rings. The van der Waals surface area contributed by atoms with Gasteiger partial charge in [-0.2, -0.15) is 0 Å². The van der Waals surface area contributed by atoms with Gasteiger partial charge in [-0.05, 0) is 6.07 Å². The fourth-order valence-electron chi connectivity index (χ4n) is 1.26. The van der Waals surface area contributed by atoms with Gasteiger partial charge in [-0.15, -0.1) is 11.3 Å². The molecule has 0 atom stereocenters. The molecule has 4 nitrogen and oxygen atoms in total. The normalized spacial score (nSPS) is 10.4. The molecule has 0 radical (unpaired) electrons. The van der Waals surface area contributed by atoms with E-state index in [0.29, 0.717) is 4.88 Å². The van der Waals surface area contributed by atoms with E-state index >= 15 is 0 Å². The van der Waals surface area contributed by atoms with Crippen molar-refractivity contribution in [1.29, 1.82) is 0 Å². The van der Waals surface area contributed by atoms with E-state index < -0.39 is 5.91 Å². The Bertz CT molecular complexity index is 492. The Labute approximate surface area is 84.8 Å². The van der Waals surface area contributed by atoms with Crippen LogP contribution in [0.4, 0.5) is 5.69 Å². The summed E-state index contributed by atoms with van der Waals surface area (Å²) in [4.78, 5) is 15.6. The largest absolute Gasteiger partial charge is 0.386 e. The lowest BCUT2D eigenvalue weighted by Crippen LogP contribution is -2.07. The van der Waals surface area contributed by atoms with Crippen LogP contribution < -0.4 is 11.1 Å². The van der Waals surface area contributed by atoms with Gasteiger partial charge >= 0.3 is 0 Å². The molecule has 14 heavy (non-hydrogen) atoms. The third-order valence-corrected chi connectivity index (χ3v) is 3.13. The minimum atomic E-state index is -0.395. The number of nitrogens with zero attached hydrogens (tertiary/aromatic N) is 1. The third-order valence-electron chi connectivity index (χ3n) is 1.93. The lowest BCUT2D eigenvalue weighted by Gasteiger charge is -1.98. The number of amides is 1. The van der Waals surface area contributed by atoms with E-state index in [1.807, 2.05) is 7.05 Å². The molecule has 3 N–H and O–H groups in total. The van der Waals surface area contributed by atoms with Crippen molar-refractivity contribution in [2.75, 3.05) is 12.4 Å². The maximum absolute atomic E-state index is 11.0. The number of fused-ring (bicyclic) bond motifs is 1. The van der Waals surface area contributed by atoms with Gasteiger partial charge in [0.2, 0.25) is 0 Å². The van der Waals surface area contributed by atoms with E-state index in [4.69, 9.17) is 5.73 Å². The number of aromatic nitrogens is 1. The third kappa shape index (κ3) is 1.31. The number of rotatable bonds is 2. The van der Waals surface area contributed by atoms with E-state index in [2.05, 4.69) is 10.3 Å². The number of pyridine rings is 1. The molecule has 2 rings (SSSR count). The number of nitrogens with two attached hydrogens (primary N) is 1. The lowest BCUT2D eigenvalue weighted by molar-refractivity contribution is 0.100. The molecule has 0 spiro atoms. The zero-order valence-electron chi connectivity index (χ0n) is 7.57. The number of hydrogen-bond acceptors (Lipinski definition) is 4. The maximum Gasteiger partial charge on any atom is 0.258 e. The van der Waals surface area contributed by atoms with Crippen molar-refractivity contribution in [3.8, 4) is 0 Å². The predicted octanol–water partition coefficient (Wildman–Crippen LogP) is 1.44. The topological polar surface area (TPSA) is 68.0 Å². The Balaban J connectivity index is 2.70. The minimum absolute atomic E-state index is 0.395. The average Bonchev–Trinajstić information content (AvgIpc) is 2.60. The van der Waals surface area contributed by atoms with Gasteiger partial charge in [0, 0.05) is 18.6 Å². The van der Waals surface area contributed by atoms with Crippen LogP contribution in [0.15, 0.2) is 18.5 Å². The number of hydrogen-bond donors (Lipinski definition) is 2. The van der Waals surface area contributed by atoms with E-state index in [1.165, 1.54) is 11.3 Å². The summed E-state index contributed by atoms with van der Waals surface area (Å²) >= 11 is 1.38. The molecule has 0 fully saturated rings. The Kier molecular flexibility index (Phi) is 2.09. The lowest BCUT2D eigenvalue weighted by atomic mass is 10.3. The first kappa shape index (κ1) is 8.96. The fraction of sp³-hybridized carbons (Fsp3) is 0.111. The van der Waals surface area contributed by atoms with E-state index in [0.717, 1.165) is 15.8 Å². The van der Waals surface area contributed by atoms with Crippen molar-refractivity contribution in [3.63, 3.8) is 0 Å². The number of anilines is 1. The Hall–Kier alpha value is -1.62. The van der Waals surface area contributed by atoms with Crippen molar-refractivity contribution in [3.05, 3.63) is 23.3 Å². The second-order valence-corrected chi connectivity index (χ2v) is 3.88. The van der Waals surface area contributed by atoms with Crippen molar-refractivity contribution in [2.45, 2.75) is 0 Å². The van der Waals surface area contributed by atoms with E-state index in [1.54, 1.807) is 18.5 Å². The molecule has 0 saturated heterocycles.